The third-order valence-electron chi connectivity index (χ3n) is 3.91. The van der Waals surface area contributed by atoms with Crippen LogP contribution in [0.5, 0.6) is 5.75 Å². The number of hydrogen-bond donors (Lipinski definition) is 0. The summed E-state index contributed by atoms with van der Waals surface area (Å²) in [6, 6.07) is 7.46. The van der Waals surface area contributed by atoms with E-state index in [1.807, 2.05) is 0 Å². The van der Waals surface area contributed by atoms with Crippen LogP contribution in [0.25, 0.3) is 10.9 Å². The smallest absolute Gasteiger partial charge is 0.344 e. The number of rotatable bonds is 6. The molecular weight excluding hydrogens is 427 g/mol. The Morgan fingerprint density at radius 2 is 1.79 bits per heavy atom. The minimum Gasteiger partial charge on any atom is -0.478 e. The molecule has 0 amide bonds. The highest BCUT2D eigenvalue weighted by atomic mass is 35.5. The van der Waals surface area contributed by atoms with Crippen LogP contribution in [0.1, 0.15) is 16.1 Å². The van der Waals surface area contributed by atoms with E-state index in [4.69, 9.17) is 32.7 Å². The van der Waals surface area contributed by atoms with Gasteiger partial charge in [-0.25, -0.2) is 18.6 Å². The zero-order valence-electron chi connectivity index (χ0n) is 15.0. The molecule has 0 aliphatic rings. The highest BCUT2D eigenvalue weighted by Gasteiger charge is 2.17. The highest BCUT2D eigenvalue weighted by Crippen LogP contribution is 2.37. The van der Waals surface area contributed by atoms with E-state index in [2.05, 4.69) is 4.98 Å². The van der Waals surface area contributed by atoms with E-state index >= 15 is 0 Å². The van der Waals surface area contributed by atoms with Gasteiger partial charge in [-0.1, -0.05) is 23.2 Å². The van der Waals surface area contributed by atoms with Gasteiger partial charge in [-0.15, -0.1) is 0 Å². The summed E-state index contributed by atoms with van der Waals surface area (Å²) in [6.45, 7) is 0.481. The molecule has 0 saturated carbocycles. The summed E-state index contributed by atoms with van der Waals surface area (Å²) < 4.78 is 36.7. The molecule has 1 aromatic heterocycles. The van der Waals surface area contributed by atoms with Crippen molar-refractivity contribution in [1.29, 1.82) is 0 Å². The molecule has 0 unspecified atom stereocenters. The van der Waals surface area contributed by atoms with E-state index in [1.165, 1.54) is 6.07 Å². The first kappa shape index (κ1) is 21.0. The highest BCUT2D eigenvalue weighted by molar-refractivity contribution is 6.39. The number of ketones is 1. The van der Waals surface area contributed by atoms with Crippen molar-refractivity contribution in [2.24, 2.45) is 0 Å². The standard InChI is InChI=1S/C20H13Cl2F2NO4/c1-10-2-4-12-14(21)7-15(22)20(19(12)25-10)29-9-18(27)28-8-17(26)13-5-3-11(23)6-16(13)24/h2-7H,8-9H2,1H3. The average Bonchev–Trinajstić information content (AvgIpc) is 2.65. The van der Waals surface area contributed by atoms with Crippen molar-refractivity contribution in [3.63, 3.8) is 0 Å². The van der Waals surface area contributed by atoms with Crippen LogP contribution in [-0.2, 0) is 9.53 Å². The van der Waals surface area contributed by atoms with Gasteiger partial charge in [-0.2, -0.15) is 0 Å². The third-order valence-corrected chi connectivity index (χ3v) is 4.50. The number of esters is 1. The van der Waals surface area contributed by atoms with Gasteiger partial charge in [0.2, 0.25) is 5.78 Å². The second-order valence-corrected chi connectivity index (χ2v) is 6.83. The number of carbonyl (C=O) groups excluding carboxylic acids is 2. The quantitative estimate of drug-likeness (QED) is 0.402. The van der Waals surface area contributed by atoms with Gasteiger partial charge in [0.05, 0.1) is 15.6 Å². The van der Waals surface area contributed by atoms with Crippen LogP contribution in [-0.4, -0.2) is 30.0 Å². The fraction of sp³-hybridized carbons (Fsp3) is 0.150. The number of fused-ring (bicyclic) bond motifs is 1. The van der Waals surface area contributed by atoms with Gasteiger partial charge in [-0.3, -0.25) is 4.79 Å². The van der Waals surface area contributed by atoms with E-state index < -0.39 is 36.6 Å². The monoisotopic (exact) mass is 439 g/mol. The Labute approximate surface area is 174 Å². The fourth-order valence-electron chi connectivity index (χ4n) is 2.54. The Morgan fingerprint density at radius 1 is 1.03 bits per heavy atom. The predicted octanol–water partition coefficient (Wildman–Crippen LogP) is 4.93. The van der Waals surface area contributed by atoms with Crippen molar-refractivity contribution in [2.45, 2.75) is 6.92 Å². The lowest BCUT2D eigenvalue weighted by molar-refractivity contribution is -0.144. The Balaban J connectivity index is 1.67. The molecule has 3 rings (SSSR count). The zero-order chi connectivity index (χ0) is 21.1. The summed E-state index contributed by atoms with van der Waals surface area (Å²) in [7, 11) is 0. The number of carbonyl (C=O) groups is 2. The lowest BCUT2D eigenvalue weighted by Gasteiger charge is -2.12. The molecule has 0 atom stereocenters. The molecule has 1 heterocycles. The van der Waals surface area contributed by atoms with Crippen LogP contribution in [0, 0.1) is 18.6 Å². The van der Waals surface area contributed by atoms with Gasteiger partial charge in [0.15, 0.2) is 19.0 Å². The maximum atomic E-state index is 13.6. The maximum absolute atomic E-state index is 13.6. The van der Waals surface area contributed by atoms with E-state index in [9.17, 15) is 18.4 Å². The number of nitrogens with zero attached hydrogens (tertiary/aromatic N) is 1. The Kier molecular flexibility index (Phi) is 6.30. The van der Waals surface area contributed by atoms with Gasteiger partial charge in [0.25, 0.3) is 0 Å². The molecule has 0 spiro atoms. The van der Waals surface area contributed by atoms with Crippen LogP contribution >= 0.6 is 23.2 Å². The maximum Gasteiger partial charge on any atom is 0.344 e. The van der Waals surface area contributed by atoms with Crippen molar-refractivity contribution in [2.75, 3.05) is 13.2 Å². The van der Waals surface area contributed by atoms with E-state index in [0.29, 0.717) is 27.7 Å². The molecule has 0 N–H and O–H groups in total. The van der Waals surface area contributed by atoms with Crippen LogP contribution in [0.3, 0.4) is 0 Å². The van der Waals surface area contributed by atoms with Crippen molar-refractivity contribution in [3.05, 3.63) is 69.3 Å². The SMILES string of the molecule is Cc1ccc2c(Cl)cc(Cl)c(OCC(=O)OCC(=O)c3ccc(F)cc3F)c2n1. The van der Waals surface area contributed by atoms with Crippen LogP contribution < -0.4 is 4.74 Å². The largest absolute Gasteiger partial charge is 0.478 e. The first-order chi connectivity index (χ1) is 13.8. The summed E-state index contributed by atoms with van der Waals surface area (Å²) in [5.41, 5.74) is 0.682. The second kappa shape index (κ2) is 8.71. The molecule has 3 aromatic rings. The van der Waals surface area contributed by atoms with Gasteiger partial charge in [0.1, 0.15) is 17.2 Å². The molecule has 9 heteroatoms. The lowest BCUT2D eigenvalue weighted by Crippen LogP contribution is -2.20. The van der Waals surface area contributed by atoms with Gasteiger partial charge < -0.3 is 9.47 Å². The Hall–Kier alpha value is -2.77. The molecule has 0 aliphatic carbocycles. The summed E-state index contributed by atoms with van der Waals surface area (Å²) in [5, 5.41) is 1.12. The number of halogens is 4. The number of ether oxygens (including phenoxy) is 2. The minimum absolute atomic E-state index is 0.141. The van der Waals surface area contributed by atoms with Crippen molar-refractivity contribution in [1.82, 2.24) is 4.98 Å². The summed E-state index contributed by atoms with van der Waals surface area (Å²) in [6.07, 6.45) is 0. The number of pyridine rings is 1. The summed E-state index contributed by atoms with van der Waals surface area (Å²) >= 11 is 12.3. The summed E-state index contributed by atoms with van der Waals surface area (Å²) in [5.74, 6) is -3.41. The zero-order valence-corrected chi connectivity index (χ0v) is 16.5. The number of aryl methyl sites for hydroxylation is 1. The van der Waals surface area contributed by atoms with Gasteiger partial charge in [0, 0.05) is 17.1 Å². The Morgan fingerprint density at radius 3 is 2.52 bits per heavy atom. The Bertz CT molecular complexity index is 1120. The number of hydrogen-bond acceptors (Lipinski definition) is 5. The number of Topliss-reactive ketones (excluding diaryl/α,β-unsaturated/α-hetero) is 1. The van der Waals surface area contributed by atoms with Gasteiger partial charge in [-0.05, 0) is 37.3 Å². The van der Waals surface area contributed by atoms with E-state index in [1.54, 1.807) is 19.1 Å². The van der Waals surface area contributed by atoms with E-state index in [0.717, 1.165) is 12.1 Å². The minimum atomic E-state index is -1.04. The molecule has 29 heavy (non-hydrogen) atoms. The fourth-order valence-corrected chi connectivity index (χ4v) is 3.11. The second-order valence-electron chi connectivity index (χ2n) is 6.01. The molecule has 0 saturated heterocycles. The first-order valence-corrected chi connectivity index (χ1v) is 9.04. The van der Waals surface area contributed by atoms with Crippen LogP contribution in [0.4, 0.5) is 8.78 Å². The molecule has 5 nitrogen and oxygen atoms in total. The average molecular weight is 440 g/mol. The van der Waals surface area contributed by atoms with Gasteiger partial charge >= 0.3 is 5.97 Å². The molecule has 0 radical (unpaired) electrons. The van der Waals surface area contributed by atoms with E-state index in [-0.39, 0.29) is 16.3 Å². The first-order valence-electron chi connectivity index (χ1n) is 8.28. The normalized spacial score (nSPS) is 10.8. The third kappa shape index (κ3) is 4.81. The van der Waals surface area contributed by atoms with Crippen LogP contribution in [0.15, 0.2) is 36.4 Å². The van der Waals surface area contributed by atoms with Crippen molar-refractivity contribution < 1.29 is 27.8 Å². The predicted molar refractivity (Wildman–Crippen MR) is 104 cm³/mol. The topological polar surface area (TPSA) is 65.5 Å². The molecule has 150 valence electrons. The lowest BCUT2D eigenvalue weighted by atomic mass is 10.1. The van der Waals surface area contributed by atoms with Crippen molar-refractivity contribution in [3.8, 4) is 5.75 Å². The molecule has 0 bridgehead atoms. The molecule has 2 aromatic carbocycles. The molecule has 0 aliphatic heterocycles. The summed E-state index contributed by atoms with van der Waals surface area (Å²) in [4.78, 5) is 28.2. The number of benzene rings is 2. The number of aromatic nitrogens is 1. The molecule has 0 fully saturated rings. The molecular formula is C20H13Cl2F2NO4. The van der Waals surface area contributed by atoms with Crippen LogP contribution in [0.2, 0.25) is 10.0 Å². The van der Waals surface area contributed by atoms with Crippen molar-refractivity contribution >= 4 is 45.9 Å².